The summed E-state index contributed by atoms with van der Waals surface area (Å²) in [5, 5.41) is 5.92. The molecule has 1 atom stereocenters. The van der Waals surface area contributed by atoms with Crippen molar-refractivity contribution in [1.82, 2.24) is 10.6 Å². The van der Waals surface area contributed by atoms with Crippen molar-refractivity contribution < 1.29 is 9.59 Å². The quantitative estimate of drug-likeness (QED) is 0.824. The van der Waals surface area contributed by atoms with Crippen molar-refractivity contribution in [3.63, 3.8) is 0 Å². The van der Waals surface area contributed by atoms with Crippen LogP contribution in [0, 0.1) is 13.8 Å². The molecule has 0 aliphatic carbocycles. The molecule has 6 heteroatoms. The van der Waals surface area contributed by atoms with Crippen molar-refractivity contribution in [2.45, 2.75) is 33.4 Å². The van der Waals surface area contributed by atoms with E-state index in [2.05, 4.69) is 16.7 Å². The Morgan fingerprint density at radius 3 is 2.52 bits per heavy atom. The maximum absolute atomic E-state index is 12.3. The molecular weight excluding hydrogens is 359 g/mol. The average molecular weight is 379 g/mol. The molecule has 2 aromatic carbocycles. The van der Waals surface area contributed by atoms with Crippen molar-refractivity contribution in [1.29, 1.82) is 0 Å². The zero-order valence-electron chi connectivity index (χ0n) is 14.3. The Hall–Kier alpha value is -2.04. The summed E-state index contributed by atoms with van der Waals surface area (Å²) in [5.74, 6) is -0.715. The van der Waals surface area contributed by atoms with E-state index >= 15 is 0 Å². The zero-order valence-corrected chi connectivity index (χ0v) is 15.8. The normalized spacial score (nSPS) is 11.7. The van der Waals surface area contributed by atoms with Crippen LogP contribution in [-0.2, 0) is 11.3 Å². The highest BCUT2D eigenvalue weighted by atomic mass is 35.5. The Labute approximate surface area is 157 Å². The van der Waals surface area contributed by atoms with Gasteiger partial charge < -0.3 is 10.6 Å². The van der Waals surface area contributed by atoms with E-state index in [1.165, 1.54) is 5.56 Å². The molecule has 4 nitrogen and oxygen atoms in total. The number of hydrogen-bond donors (Lipinski definition) is 2. The Balaban J connectivity index is 1.95. The Bertz CT molecular complexity index is 806. The van der Waals surface area contributed by atoms with E-state index in [4.69, 9.17) is 23.2 Å². The van der Waals surface area contributed by atoms with Crippen LogP contribution in [-0.4, -0.2) is 17.9 Å². The molecule has 0 saturated carbocycles. The Morgan fingerprint density at radius 1 is 1.12 bits per heavy atom. The molecular formula is C19H20Cl2N2O2. The summed E-state index contributed by atoms with van der Waals surface area (Å²) >= 11 is 11.9. The van der Waals surface area contributed by atoms with Gasteiger partial charge in [-0.05, 0) is 44.0 Å². The number of halogens is 2. The van der Waals surface area contributed by atoms with Crippen LogP contribution in [0.1, 0.15) is 34.0 Å². The van der Waals surface area contributed by atoms with Crippen LogP contribution in [0.15, 0.2) is 36.4 Å². The van der Waals surface area contributed by atoms with E-state index in [-0.39, 0.29) is 16.5 Å². The van der Waals surface area contributed by atoms with Gasteiger partial charge >= 0.3 is 0 Å². The van der Waals surface area contributed by atoms with Gasteiger partial charge in [0.25, 0.3) is 5.91 Å². The standard InChI is InChI=1S/C19H20Cl2N2O2/c1-11-7-8-14(12(2)9-11)10-22-18(24)13(3)23-19(25)15-5-4-6-16(20)17(15)21/h4-9,13H,10H2,1-3H3,(H,22,24)(H,23,25). The molecule has 2 aromatic rings. The highest BCUT2D eigenvalue weighted by Gasteiger charge is 2.19. The second-order valence-electron chi connectivity index (χ2n) is 5.94. The Kier molecular flexibility index (Phi) is 6.45. The minimum atomic E-state index is -0.701. The summed E-state index contributed by atoms with van der Waals surface area (Å²) < 4.78 is 0. The Morgan fingerprint density at radius 2 is 1.84 bits per heavy atom. The van der Waals surface area contributed by atoms with Gasteiger partial charge in [-0.2, -0.15) is 0 Å². The van der Waals surface area contributed by atoms with E-state index in [1.54, 1.807) is 25.1 Å². The molecule has 2 N–H and O–H groups in total. The molecule has 0 fully saturated rings. The maximum atomic E-state index is 12.3. The first kappa shape index (κ1) is 19.3. The topological polar surface area (TPSA) is 58.2 Å². The minimum Gasteiger partial charge on any atom is -0.350 e. The fourth-order valence-electron chi connectivity index (χ4n) is 2.40. The van der Waals surface area contributed by atoms with Gasteiger partial charge in [0, 0.05) is 6.54 Å². The number of aryl methyl sites for hydroxylation is 2. The van der Waals surface area contributed by atoms with E-state index in [0.717, 1.165) is 11.1 Å². The molecule has 2 rings (SSSR count). The number of benzene rings is 2. The van der Waals surface area contributed by atoms with Gasteiger partial charge in [-0.15, -0.1) is 0 Å². The molecule has 1 unspecified atom stereocenters. The van der Waals surface area contributed by atoms with E-state index in [9.17, 15) is 9.59 Å². The van der Waals surface area contributed by atoms with Crippen molar-refractivity contribution in [2.75, 3.05) is 0 Å². The van der Waals surface area contributed by atoms with E-state index < -0.39 is 11.9 Å². The summed E-state index contributed by atoms with van der Waals surface area (Å²) in [6, 6.07) is 10.1. The molecule has 0 radical (unpaired) electrons. The number of carbonyl (C=O) groups is 2. The van der Waals surface area contributed by atoms with Gasteiger partial charge in [-0.25, -0.2) is 0 Å². The zero-order chi connectivity index (χ0) is 18.6. The van der Waals surface area contributed by atoms with Crippen LogP contribution in [0.5, 0.6) is 0 Å². The van der Waals surface area contributed by atoms with Crippen LogP contribution in [0.4, 0.5) is 0 Å². The van der Waals surface area contributed by atoms with Crippen molar-refractivity contribution >= 4 is 35.0 Å². The molecule has 0 aromatic heterocycles. The van der Waals surface area contributed by atoms with Crippen LogP contribution in [0.2, 0.25) is 10.0 Å². The van der Waals surface area contributed by atoms with Crippen LogP contribution in [0.25, 0.3) is 0 Å². The molecule has 132 valence electrons. The lowest BCUT2D eigenvalue weighted by Crippen LogP contribution is -2.44. The second-order valence-corrected chi connectivity index (χ2v) is 6.73. The number of nitrogens with one attached hydrogen (secondary N) is 2. The summed E-state index contributed by atoms with van der Waals surface area (Å²) in [6.45, 7) is 6.05. The predicted octanol–water partition coefficient (Wildman–Crippen LogP) is 4.04. The minimum absolute atomic E-state index is 0.171. The first-order valence-electron chi connectivity index (χ1n) is 7.88. The summed E-state index contributed by atoms with van der Waals surface area (Å²) in [4.78, 5) is 24.5. The average Bonchev–Trinajstić information content (AvgIpc) is 2.56. The second kappa shape index (κ2) is 8.37. The third-order valence-electron chi connectivity index (χ3n) is 3.89. The number of amides is 2. The predicted molar refractivity (Wildman–Crippen MR) is 101 cm³/mol. The summed E-state index contributed by atoms with van der Waals surface area (Å²) in [7, 11) is 0. The first-order chi connectivity index (χ1) is 11.8. The van der Waals surface area contributed by atoms with Gasteiger partial charge in [0.15, 0.2) is 0 Å². The fraction of sp³-hybridized carbons (Fsp3) is 0.263. The SMILES string of the molecule is Cc1ccc(CNC(=O)C(C)NC(=O)c2cccc(Cl)c2Cl)c(C)c1. The van der Waals surface area contributed by atoms with Gasteiger partial charge in [0.1, 0.15) is 6.04 Å². The third-order valence-corrected chi connectivity index (χ3v) is 4.71. The van der Waals surface area contributed by atoms with Gasteiger partial charge in [-0.1, -0.05) is 53.0 Å². The fourth-order valence-corrected chi connectivity index (χ4v) is 2.79. The van der Waals surface area contributed by atoms with Gasteiger partial charge in [0.05, 0.1) is 15.6 Å². The smallest absolute Gasteiger partial charge is 0.253 e. The van der Waals surface area contributed by atoms with Crippen molar-refractivity contribution in [3.05, 3.63) is 68.7 Å². The molecule has 0 heterocycles. The third kappa shape index (κ3) is 4.97. The highest BCUT2D eigenvalue weighted by molar-refractivity contribution is 6.43. The number of hydrogen-bond acceptors (Lipinski definition) is 2. The lowest BCUT2D eigenvalue weighted by atomic mass is 10.1. The molecule has 0 aliphatic rings. The number of carbonyl (C=O) groups excluding carboxylic acids is 2. The molecule has 0 aliphatic heterocycles. The van der Waals surface area contributed by atoms with Crippen LogP contribution in [0.3, 0.4) is 0 Å². The van der Waals surface area contributed by atoms with Crippen molar-refractivity contribution in [2.24, 2.45) is 0 Å². The maximum Gasteiger partial charge on any atom is 0.253 e. The van der Waals surface area contributed by atoms with Crippen molar-refractivity contribution in [3.8, 4) is 0 Å². The first-order valence-corrected chi connectivity index (χ1v) is 8.64. The molecule has 0 bridgehead atoms. The molecule has 0 saturated heterocycles. The monoisotopic (exact) mass is 378 g/mol. The lowest BCUT2D eigenvalue weighted by molar-refractivity contribution is -0.122. The molecule has 25 heavy (non-hydrogen) atoms. The largest absolute Gasteiger partial charge is 0.350 e. The molecule has 2 amide bonds. The summed E-state index contributed by atoms with van der Waals surface area (Å²) in [5.41, 5.74) is 3.56. The lowest BCUT2D eigenvalue weighted by Gasteiger charge is -2.16. The summed E-state index contributed by atoms with van der Waals surface area (Å²) in [6.07, 6.45) is 0. The van der Waals surface area contributed by atoms with Crippen LogP contribution >= 0.6 is 23.2 Å². The number of rotatable bonds is 5. The van der Waals surface area contributed by atoms with Gasteiger partial charge in [-0.3, -0.25) is 9.59 Å². The van der Waals surface area contributed by atoms with E-state index in [1.807, 2.05) is 26.0 Å². The highest BCUT2D eigenvalue weighted by Crippen LogP contribution is 2.25. The van der Waals surface area contributed by atoms with E-state index in [0.29, 0.717) is 11.6 Å². The molecule has 0 spiro atoms. The van der Waals surface area contributed by atoms with Gasteiger partial charge in [0.2, 0.25) is 5.91 Å². The van der Waals surface area contributed by atoms with Crippen LogP contribution < -0.4 is 10.6 Å².